The quantitative estimate of drug-likeness (QED) is 0.633. The number of amides is 2. The Labute approximate surface area is 206 Å². The summed E-state index contributed by atoms with van der Waals surface area (Å²) in [6, 6.07) is 6.66. The molecule has 0 spiro atoms. The number of anilines is 1. The summed E-state index contributed by atoms with van der Waals surface area (Å²) in [7, 11) is 0. The van der Waals surface area contributed by atoms with Gasteiger partial charge in [0.1, 0.15) is 30.9 Å². The fraction of sp³-hybridized carbons (Fsp3) is 0.654. The van der Waals surface area contributed by atoms with Crippen molar-refractivity contribution in [1.29, 1.82) is 0 Å². The molecule has 1 aliphatic carbocycles. The van der Waals surface area contributed by atoms with E-state index in [0.29, 0.717) is 5.56 Å². The molecule has 4 fully saturated rings. The van der Waals surface area contributed by atoms with Crippen LogP contribution in [0.4, 0.5) is 5.69 Å². The van der Waals surface area contributed by atoms with Gasteiger partial charge in [0, 0.05) is 43.5 Å². The van der Waals surface area contributed by atoms with Crippen LogP contribution in [0.3, 0.4) is 0 Å². The predicted molar refractivity (Wildman–Crippen MR) is 130 cm³/mol. The summed E-state index contributed by atoms with van der Waals surface area (Å²) in [5.74, 6) is -0.928. The average Bonchev–Trinajstić information content (AvgIpc) is 3.54. The van der Waals surface area contributed by atoms with Crippen molar-refractivity contribution in [2.24, 2.45) is 5.41 Å². The zero-order valence-corrected chi connectivity index (χ0v) is 20.8. The van der Waals surface area contributed by atoms with Gasteiger partial charge >= 0.3 is 0 Å². The van der Waals surface area contributed by atoms with Crippen LogP contribution in [0.2, 0.25) is 0 Å². The van der Waals surface area contributed by atoms with E-state index in [4.69, 9.17) is 4.74 Å². The van der Waals surface area contributed by atoms with Gasteiger partial charge < -0.3 is 25.0 Å². The van der Waals surface area contributed by atoms with Crippen molar-refractivity contribution in [2.45, 2.75) is 63.9 Å². The van der Waals surface area contributed by atoms with E-state index in [1.54, 1.807) is 12.1 Å². The molecule has 1 unspecified atom stereocenters. The van der Waals surface area contributed by atoms with Crippen LogP contribution in [0.1, 0.15) is 44.0 Å². The fourth-order valence-corrected chi connectivity index (χ4v) is 5.49. The lowest BCUT2D eigenvalue weighted by Gasteiger charge is -2.36. The van der Waals surface area contributed by atoms with Gasteiger partial charge in [-0.2, -0.15) is 0 Å². The van der Waals surface area contributed by atoms with Gasteiger partial charge in [0.05, 0.1) is 6.54 Å². The molecule has 190 valence electrons. The van der Waals surface area contributed by atoms with Crippen LogP contribution in [0.15, 0.2) is 24.3 Å². The number of ether oxygens (including phenoxy) is 1. The Balaban J connectivity index is 1.25. The number of aliphatic hydroxyl groups excluding tert-OH is 1. The Morgan fingerprint density at radius 2 is 1.74 bits per heavy atom. The van der Waals surface area contributed by atoms with Gasteiger partial charge in [0.25, 0.3) is 5.91 Å². The van der Waals surface area contributed by atoms with Gasteiger partial charge in [-0.1, -0.05) is 20.8 Å². The molecule has 3 heterocycles. The van der Waals surface area contributed by atoms with Crippen molar-refractivity contribution in [1.82, 2.24) is 15.1 Å². The number of aliphatic hydroxyl groups is 1. The highest BCUT2D eigenvalue weighted by molar-refractivity contribution is 5.99. The van der Waals surface area contributed by atoms with E-state index in [0.717, 1.165) is 37.9 Å². The Hall–Kier alpha value is -2.49. The molecule has 3 saturated heterocycles. The van der Waals surface area contributed by atoms with E-state index in [2.05, 4.69) is 15.1 Å². The lowest BCUT2D eigenvalue weighted by Crippen LogP contribution is -2.57. The van der Waals surface area contributed by atoms with Gasteiger partial charge in [-0.15, -0.1) is 0 Å². The third-order valence-corrected chi connectivity index (χ3v) is 7.70. The minimum atomic E-state index is -0.912. The number of hydrogen-bond acceptors (Lipinski definition) is 7. The maximum absolute atomic E-state index is 13.5. The monoisotopic (exact) mass is 484 g/mol. The molecule has 1 aromatic carbocycles. The number of benzene rings is 1. The molecule has 0 aromatic heterocycles. The molecular weight excluding hydrogens is 448 g/mol. The van der Waals surface area contributed by atoms with E-state index in [1.165, 1.54) is 17.7 Å². The van der Waals surface area contributed by atoms with E-state index in [1.807, 2.05) is 32.9 Å². The highest BCUT2D eigenvalue weighted by Crippen LogP contribution is 2.31. The number of nitrogens with zero attached hydrogens (tertiary/aromatic N) is 3. The van der Waals surface area contributed by atoms with Gasteiger partial charge in [-0.05, 0) is 42.5 Å². The van der Waals surface area contributed by atoms with Crippen LogP contribution in [-0.4, -0.2) is 102 Å². The number of Topliss-reactive ketones (excluding diaryl/α,β-unsaturated/α-hetero) is 1. The van der Waals surface area contributed by atoms with Crippen LogP contribution >= 0.6 is 0 Å². The first-order valence-corrected chi connectivity index (χ1v) is 12.7. The third kappa shape index (κ3) is 4.81. The molecule has 35 heavy (non-hydrogen) atoms. The summed E-state index contributed by atoms with van der Waals surface area (Å²) in [5.41, 5.74) is 0.976. The number of likely N-dealkylation sites (tertiary alicyclic amines) is 1. The summed E-state index contributed by atoms with van der Waals surface area (Å²) in [5, 5.41) is 13.2. The summed E-state index contributed by atoms with van der Waals surface area (Å²) >= 11 is 0. The zero-order valence-electron chi connectivity index (χ0n) is 20.8. The topological polar surface area (TPSA) is 102 Å². The summed E-state index contributed by atoms with van der Waals surface area (Å²) in [6.45, 7) is 9.64. The number of hydrogen-bond donors (Lipinski definition) is 2. The second kappa shape index (κ2) is 9.19. The summed E-state index contributed by atoms with van der Waals surface area (Å²) in [6.07, 6.45) is 1.05. The Morgan fingerprint density at radius 1 is 1.09 bits per heavy atom. The smallest absolute Gasteiger partial charge is 0.251 e. The van der Waals surface area contributed by atoms with E-state index in [-0.39, 0.29) is 30.7 Å². The normalized spacial score (nSPS) is 28.2. The van der Waals surface area contributed by atoms with Gasteiger partial charge in [-0.25, -0.2) is 0 Å². The number of fused-ring (bicyclic) bond motifs is 1. The minimum Gasteiger partial charge on any atom is -0.388 e. The minimum absolute atomic E-state index is 0.0189. The van der Waals surface area contributed by atoms with Crippen LogP contribution in [0.5, 0.6) is 0 Å². The van der Waals surface area contributed by atoms with Crippen molar-refractivity contribution >= 4 is 23.3 Å². The molecule has 1 aromatic rings. The molecule has 5 rings (SSSR count). The fourth-order valence-electron chi connectivity index (χ4n) is 5.49. The standard InChI is InChI=1S/C26H36N4O5/c1-26(2,3)23(25(34)30-14-19(31)22-21(30)20(32)15-35-22)27-24(33)16-4-6-17(7-5-16)28-10-12-29(13-11-28)18-8-9-18/h4-7,18-19,21-23,31H,8-15H2,1-3H3,(H,27,33)/t19-,21-,22-,23?/m1/s1. The second-order valence-electron chi connectivity index (χ2n) is 11.3. The van der Waals surface area contributed by atoms with E-state index >= 15 is 0 Å². The van der Waals surface area contributed by atoms with E-state index < -0.39 is 29.7 Å². The van der Waals surface area contributed by atoms with Crippen molar-refractivity contribution in [3.8, 4) is 0 Å². The molecule has 0 radical (unpaired) electrons. The van der Waals surface area contributed by atoms with Crippen LogP contribution in [0, 0.1) is 5.41 Å². The van der Waals surface area contributed by atoms with Gasteiger partial charge in [-0.3, -0.25) is 19.3 Å². The van der Waals surface area contributed by atoms with Gasteiger partial charge in [0.2, 0.25) is 5.91 Å². The van der Waals surface area contributed by atoms with Crippen LogP contribution < -0.4 is 10.2 Å². The van der Waals surface area contributed by atoms with Crippen molar-refractivity contribution in [3.63, 3.8) is 0 Å². The largest absolute Gasteiger partial charge is 0.388 e. The van der Waals surface area contributed by atoms with Crippen molar-refractivity contribution in [3.05, 3.63) is 29.8 Å². The van der Waals surface area contributed by atoms with Crippen molar-refractivity contribution < 1.29 is 24.2 Å². The maximum atomic E-state index is 13.5. The number of carbonyl (C=O) groups excluding carboxylic acids is 3. The number of nitrogens with one attached hydrogen (secondary N) is 1. The Bertz CT molecular complexity index is 978. The first kappa shape index (κ1) is 24.2. The zero-order chi connectivity index (χ0) is 24.9. The Morgan fingerprint density at radius 3 is 2.34 bits per heavy atom. The van der Waals surface area contributed by atoms with E-state index in [9.17, 15) is 19.5 Å². The average molecular weight is 485 g/mol. The molecule has 2 N–H and O–H groups in total. The number of β-amino-alcohol motifs (C(OH)–C–C–N with tert-alkyl or cyclic N) is 1. The second-order valence-corrected chi connectivity index (χ2v) is 11.3. The first-order chi connectivity index (χ1) is 16.6. The molecule has 2 amide bonds. The summed E-state index contributed by atoms with van der Waals surface area (Å²) < 4.78 is 5.39. The number of piperazine rings is 1. The molecule has 9 heteroatoms. The third-order valence-electron chi connectivity index (χ3n) is 7.70. The molecule has 0 bridgehead atoms. The molecule has 4 aliphatic rings. The Kier molecular flexibility index (Phi) is 6.35. The molecular formula is C26H36N4O5. The van der Waals surface area contributed by atoms with Crippen LogP contribution in [0.25, 0.3) is 0 Å². The SMILES string of the molecule is CC(C)(C)C(NC(=O)c1ccc(N2CCN(C3CC3)CC2)cc1)C(=O)N1C[C@@H](O)[C@H]2OCC(=O)[C@H]21. The number of carbonyl (C=O) groups is 3. The molecule has 4 atom stereocenters. The van der Waals surface area contributed by atoms with Crippen LogP contribution in [-0.2, 0) is 14.3 Å². The lowest BCUT2D eigenvalue weighted by atomic mass is 9.85. The van der Waals surface area contributed by atoms with Crippen molar-refractivity contribution in [2.75, 3.05) is 44.2 Å². The first-order valence-electron chi connectivity index (χ1n) is 12.7. The highest BCUT2D eigenvalue weighted by atomic mass is 16.5. The number of rotatable bonds is 5. The molecule has 3 aliphatic heterocycles. The summed E-state index contributed by atoms with van der Waals surface area (Å²) in [4.78, 5) is 45.3. The molecule has 1 saturated carbocycles. The van der Waals surface area contributed by atoms with Gasteiger partial charge in [0.15, 0.2) is 5.78 Å². The molecule has 9 nitrogen and oxygen atoms in total. The lowest BCUT2D eigenvalue weighted by molar-refractivity contribution is -0.140. The predicted octanol–water partition coefficient (Wildman–Crippen LogP) is 0.655. The maximum Gasteiger partial charge on any atom is 0.251 e. The number of ketones is 1. The highest BCUT2D eigenvalue weighted by Gasteiger charge is 2.53.